The van der Waals surface area contributed by atoms with Crippen molar-refractivity contribution in [1.82, 2.24) is 14.5 Å². The summed E-state index contributed by atoms with van der Waals surface area (Å²) in [5, 5.41) is 12.9. The third kappa shape index (κ3) is 2.22. The van der Waals surface area contributed by atoms with E-state index in [-0.39, 0.29) is 11.3 Å². The minimum Gasteiger partial charge on any atom is -0.480 e. The van der Waals surface area contributed by atoms with Crippen LogP contribution in [0.15, 0.2) is 0 Å². The lowest BCUT2D eigenvalue weighted by Crippen LogP contribution is -2.44. The first kappa shape index (κ1) is 13.3. The number of hydrogen-bond acceptors (Lipinski definition) is 6. The van der Waals surface area contributed by atoms with E-state index in [1.165, 1.54) is 16.7 Å². The molecule has 0 saturated carbocycles. The molecule has 1 aliphatic rings. The molecule has 2 atom stereocenters. The minimum atomic E-state index is -0.962. The van der Waals surface area contributed by atoms with Gasteiger partial charge in [-0.3, -0.25) is 4.79 Å². The predicted molar refractivity (Wildman–Crippen MR) is 68.8 cm³/mol. The molecule has 0 aliphatic carbocycles. The van der Waals surface area contributed by atoms with Crippen molar-refractivity contribution in [2.75, 3.05) is 5.75 Å². The second kappa shape index (κ2) is 5.23. The highest BCUT2D eigenvalue weighted by Gasteiger charge is 2.41. The molecule has 8 heteroatoms. The van der Waals surface area contributed by atoms with Crippen molar-refractivity contribution >= 4 is 35.2 Å². The lowest BCUT2D eigenvalue weighted by atomic mass is 10.2. The molecule has 6 nitrogen and oxygen atoms in total. The van der Waals surface area contributed by atoms with E-state index in [0.29, 0.717) is 22.7 Å². The molecule has 1 N–H and O–H groups in total. The molecular weight excluding hydrogens is 274 g/mol. The van der Waals surface area contributed by atoms with Crippen molar-refractivity contribution in [3.8, 4) is 0 Å². The van der Waals surface area contributed by atoms with E-state index in [2.05, 4.69) is 9.59 Å². The summed E-state index contributed by atoms with van der Waals surface area (Å²) >= 11 is 2.50. The lowest BCUT2D eigenvalue weighted by molar-refractivity contribution is -0.141. The van der Waals surface area contributed by atoms with Crippen LogP contribution in [0.4, 0.5) is 0 Å². The summed E-state index contributed by atoms with van der Waals surface area (Å²) in [4.78, 5) is 25.4. The minimum absolute atomic E-state index is 0.134. The molecule has 18 heavy (non-hydrogen) atoms. The average Bonchev–Trinajstić information content (AvgIpc) is 2.93. The smallest absolute Gasteiger partial charge is 0.327 e. The van der Waals surface area contributed by atoms with Crippen molar-refractivity contribution in [3.05, 3.63) is 10.6 Å². The van der Waals surface area contributed by atoms with Gasteiger partial charge in [0.2, 0.25) is 0 Å². The van der Waals surface area contributed by atoms with Gasteiger partial charge < -0.3 is 10.0 Å². The van der Waals surface area contributed by atoms with Gasteiger partial charge in [0.25, 0.3) is 5.91 Å². The quantitative estimate of drug-likeness (QED) is 0.896. The number of amides is 1. The van der Waals surface area contributed by atoms with E-state index in [1.54, 1.807) is 0 Å². The predicted octanol–water partition coefficient (Wildman–Crippen LogP) is 1.09. The van der Waals surface area contributed by atoms with Crippen molar-refractivity contribution in [3.63, 3.8) is 0 Å². The summed E-state index contributed by atoms with van der Waals surface area (Å²) in [6, 6.07) is -0.760. The monoisotopic (exact) mass is 287 g/mol. The lowest BCUT2D eigenvalue weighted by Gasteiger charge is -2.24. The Morgan fingerprint density at radius 3 is 2.89 bits per heavy atom. The number of aromatic nitrogens is 2. The third-order valence-corrected chi connectivity index (χ3v) is 4.80. The molecule has 2 unspecified atom stereocenters. The topological polar surface area (TPSA) is 83.4 Å². The summed E-state index contributed by atoms with van der Waals surface area (Å²) in [6.45, 7) is 3.73. The van der Waals surface area contributed by atoms with Gasteiger partial charge in [0.05, 0.1) is 11.1 Å². The Kier molecular flexibility index (Phi) is 3.86. The summed E-state index contributed by atoms with van der Waals surface area (Å²) in [5.41, 5.74) is 0.637. The maximum atomic E-state index is 12.4. The Hall–Kier alpha value is -1.15. The number of carboxylic acids is 1. The maximum absolute atomic E-state index is 12.4. The number of rotatable bonds is 3. The van der Waals surface area contributed by atoms with Gasteiger partial charge in [0.1, 0.15) is 10.9 Å². The molecule has 0 aromatic carbocycles. The molecule has 1 aliphatic heterocycles. The molecule has 1 aromatic rings. The SMILES string of the molecule is CCc1nnsc1C(=O)N1C(C)SCC1C(=O)O. The van der Waals surface area contributed by atoms with Gasteiger partial charge in [0, 0.05) is 5.75 Å². The average molecular weight is 287 g/mol. The van der Waals surface area contributed by atoms with E-state index >= 15 is 0 Å². The van der Waals surface area contributed by atoms with Crippen molar-refractivity contribution in [2.45, 2.75) is 31.7 Å². The van der Waals surface area contributed by atoms with Crippen molar-refractivity contribution < 1.29 is 14.7 Å². The highest BCUT2D eigenvalue weighted by atomic mass is 32.2. The number of thioether (sulfide) groups is 1. The molecule has 1 amide bonds. The Balaban J connectivity index is 2.29. The van der Waals surface area contributed by atoms with Gasteiger partial charge in [-0.15, -0.1) is 16.9 Å². The number of nitrogens with zero attached hydrogens (tertiary/aromatic N) is 3. The van der Waals surface area contributed by atoms with Gasteiger partial charge in [-0.05, 0) is 24.9 Å². The first-order valence-electron chi connectivity index (χ1n) is 5.54. The largest absolute Gasteiger partial charge is 0.480 e. The van der Waals surface area contributed by atoms with Crippen LogP contribution in [0, 0.1) is 0 Å². The molecule has 1 saturated heterocycles. The summed E-state index contributed by atoms with van der Waals surface area (Å²) in [5.74, 6) is -0.807. The fraction of sp³-hybridized carbons (Fsp3) is 0.600. The number of aryl methyl sites for hydroxylation is 1. The highest BCUT2D eigenvalue weighted by Crippen LogP contribution is 2.31. The molecule has 0 spiro atoms. The van der Waals surface area contributed by atoms with Crippen LogP contribution in [-0.4, -0.2) is 48.6 Å². The van der Waals surface area contributed by atoms with Crippen LogP contribution in [0.3, 0.4) is 0 Å². The Labute approximate surface area is 113 Å². The molecule has 2 heterocycles. The molecule has 1 aromatic heterocycles. The van der Waals surface area contributed by atoms with Crippen LogP contribution in [0.5, 0.6) is 0 Å². The van der Waals surface area contributed by atoms with Crippen LogP contribution >= 0.6 is 23.3 Å². The zero-order chi connectivity index (χ0) is 13.3. The van der Waals surface area contributed by atoms with Gasteiger partial charge in [-0.1, -0.05) is 11.4 Å². The molecular formula is C10H13N3O3S2. The standard InChI is InChI=1S/C10H13N3O3S2/c1-3-6-8(18-12-11-6)9(14)13-5(2)17-4-7(13)10(15)16/h5,7H,3-4H2,1-2H3,(H,15,16). The van der Waals surface area contributed by atoms with Crippen LogP contribution in [-0.2, 0) is 11.2 Å². The maximum Gasteiger partial charge on any atom is 0.327 e. The van der Waals surface area contributed by atoms with Crippen LogP contribution < -0.4 is 0 Å². The Morgan fingerprint density at radius 2 is 2.28 bits per heavy atom. The van der Waals surface area contributed by atoms with Crippen LogP contribution in [0.25, 0.3) is 0 Å². The van der Waals surface area contributed by atoms with E-state index in [1.807, 2.05) is 13.8 Å². The van der Waals surface area contributed by atoms with Crippen LogP contribution in [0.1, 0.15) is 29.2 Å². The second-order valence-electron chi connectivity index (χ2n) is 3.90. The molecule has 2 rings (SSSR count). The zero-order valence-corrected chi connectivity index (χ0v) is 11.6. The van der Waals surface area contributed by atoms with Gasteiger partial charge in [-0.25, -0.2) is 4.79 Å². The summed E-state index contributed by atoms with van der Waals surface area (Å²) < 4.78 is 3.77. The first-order valence-corrected chi connectivity index (χ1v) is 7.36. The van der Waals surface area contributed by atoms with Crippen LogP contribution in [0.2, 0.25) is 0 Å². The Bertz CT molecular complexity index is 477. The van der Waals surface area contributed by atoms with Gasteiger partial charge in [-0.2, -0.15) is 0 Å². The van der Waals surface area contributed by atoms with E-state index in [0.717, 1.165) is 11.5 Å². The molecule has 0 radical (unpaired) electrons. The number of carboxylic acid groups (broad SMARTS) is 1. The fourth-order valence-corrected chi connectivity index (χ4v) is 3.72. The second-order valence-corrected chi connectivity index (χ2v) is 6.00. The zero-order valence-electron chi connectivity index (χ0n) is 9.99. The summed E-state index contributed by atoms with van der Waals surface area (Å²) in [7, 11) is 0. The molecule has 0 bridgehead atoms. The Morgan fingerprint density at radius 1 is 1.56 bits per heavy atom. The number of aliphatic carboxylic acids is 1. The fourth-order valence-electron chi connectivity index (χ4n) is 1.86. The molecule has 98 valence electrons. The first-order chi connectivity index (χ1) is 8.56. The highest BCUT2D eigenvalue weighted by molar-refractivity contribution is 8.00. The number of carbonyl (C=O) groups is 2. The number of hydrogen-bond donors (Lipinski definition) is 1. The molecule has 1 fully saturated rings. The van der Waals surface area contributed by atoms with E-state index < -0.39 is 12.0 Å². The van der Waals surface area contributed by atoms with E-state index in [4.69, 9.17) is 5.11 Å². The summed E-state index contributed by atoms with van der Waals surface area (Å²) in [6.07, 6.45) is 0.616. The van der Waals surface area contributed by atoms with Crippen molar-refractivity contribution in [2.24, 2.45) is 0 Å². The van der Waals surface area contributed by atoms with Gasteiger partial charge in [0.15, 0.2) is 0 Å². The normalized spacial score (nSPS) is 23.3. The van der Waals surface area contributed by atoms with E-state index in [9.17, 15) is 9.59 Å². The third-order valence-electron chi connectivity index (χ3n) is 2.83. The number of carbonyl (C=O) groups excluding carboxylic acids is 1. The van der Waals surface area contributed by atoms with Gasteiger partial charge >= 0.3 is 5.97 Å². The van der Waals surface area contributed by atoms with Crippen molar-refractivity contribution in [1.29, 1.82) is 0 Å².